The molecule has 1 atom stereocenters. The number of likely N-dealkylation sites (tertiary alicyclic amines) is 1. The number of nitrogens with one attached hydrogen (secondary N) is 1. The fourth-order valence-electron chi connectivity index (χ4n) is 4.06. The van der Waals surface area contributed by atoms with Crippen LogP contribution in [0.5, 0.6) is 0 Å². The normalized spacial score (nSPS) is 20.7. The summed E-state index contributed by atoms with van der Waals surface area (Å²) in [5.41, 5.74) is 3.79. The molecule has 3 rings (SSSR count). The lowest BCUT2D eigenvalue weighted by Crippen LogP contribution is -2.43. The molecule has 0 aromatic heterocycles. The molecule has 0 aliphatic carbocycles. The van der Waals surface area contributed by atoms with Crippen molar-refractivity contribution in [2.24, 2.45) is 5.92 Å². The fraction of sp³-hybridized carbons (Fsp3) is 0.636. The van der Waals surface area contributed by atoms with Crippen LogP contribution in [0.25, 0.3) is 0 Å². The molecule has 0 radical (unpaired) electrons. The third-order valence-corrected chi connectivity index (χ3v) is 5.86. The summed E-state index contributed by atoms with van der Waals surface area (Å²) in [6.07, 6.45) is 4.85. The molecule has 5 nitrogen and oxygen atoms in total. The maximum Gasteiger partial charge on any atom is 0.249 e. The van der Waals surface area contributed by atoms with Crippen molar-refractivity contribution in [3.05, 3.63) is 34.9 Å². The van der Waals surface area contributed by atoms with Crippen LogP contribution < -0.4 is 5.32 Å². The van der Waals surface area contributed by atoms with Crippen molar-refractivity contribution in [1.82, 2.24) is 10.2 Å². The molecule has 5 heteroatoms. The summed E-state index contributed by atoms with van der Waals surface area (Å²) in [6, 6.07) is 6.43. The Balaban J connectivity index is 1.36. The van der Waals surface area contributed by atoms with Gasteiger partial charge in [0.25, 0.3) is 0 Å². The zero-order chi connectivity index (χ0) is 19.2. The van der Waals surface area contributed by atoms with Gasteiger partial charge in [0.1, 0.15) is 6.10 Å². The molecule has 1 aromatic rings. The first-order chi connectivity index (χ1) is 13.0. The van der Waals surface area contributed by atoms with Crippen molar-refractivity contribution in [3.8, 4) is 0 Å². The molecule has 2 fully saturated rings. The summed E-state index contributed by atoms with van der Waals surface area (Å²) in [6.45, 7) is 7.20. The van der Waals surface area contributed by atoms with Crippen LogP contribution >= 0.6 is 0 Å². The smallest absolute Gasteiger partial charge is 0.249 e. The Labute approximate surface area is 162 Å². The highest BCUT2D eigenvalue weighted by atomic mass is 16.5. The van der Waals surface area contributed by atoms with E-state index < -0.39 is 0 Å². The molecule has 148 valence electrons. The number of carbonyl (C=O) groups is 2. The van der Waals surface area contributed by atoms with Gasteiger partial charge >= 0.3 is 0 Å². The average molecular weight is 373 g/mol. The lowest BCUT2D eigenvalue weighted by atomic mass is 9.96. The molecule has 2 amide bonds. The maximum atomic E-state index is 12.5. The predicted octanol–water partition coefficient (Wildman–Crippen LogP) is 2.77. The van der Waals surface area contributed by atoms with Gasteiger partial charge < -0.3 is 15.0 Å². The molecule has 2 heterocycles. The SMILES string of the molecule is Cc1ccc(CCC(=O)N2CCC(CNC(=O)C3CCCO3)CC2)c(C)c1. The molecule has 2 aliphatic rings. The van der Waals surface area contributed by atoms with Gasteiger partial charge in [-0.15, -0.1) is 0 Å². The minimum Gasteiger partial charge on any atom is -0.368 e. The van der Waals surface area contributed by atoms with Crippen molar-refractivity contribution >= 4 is 11.8 Å². The lowest BCUT2D eigenvalue weighted by Gasteiger charge is -2.32. The second kappa shape index (κ2) is 9.36. The van der Waals surface area contributed by atoms with Crippen LogP contribution in [-0.4, -0.2) is 49.1 Å². The van der Waals surface area contributed by atoms with Gasteiger partial charge in [0.15, 0.2) is 0 Å². The van der Waals surface area contributed by atoms with Gasteiger partial charge in [-0.05, 0) is 63.0 Å². The Morgan fingerprint density at radius 3 is 2.63 bits per heavy atom. The molecule has 0 saturated carbocycles. The number of piperidine rings is 1. The first kappa shape index (κ1) is 19.9. The topological polar surface area (TPSA) is 58.6 Å². The van der Waals surface area contributed by atoms with E-state index in [-0.39, 0.29) is 17.9 Å². The fourth-order valence-corrected chi connectivity index (χ4v) is 4.06. The van der Waals surface area contributed by atoms with E-state index in [1.807, 2.05) is 4.90 Å². The van der Waals surface area contributed by atoms with E-state index in [2.05, 4.69) is 37.4 Å². The number of benzene rings is 1. The van der Waals surface area contributed by atoms with Gasteiger partial charge in [0.2, 0.25) is 11.8 Å². The van der Waals surface area contributed by atoms with Crippen LogP contribution in [0, 0.1) is 19.8 Å². The quantitative estimate of drug-likeness (QED) is 0.835. The zero-order valence-corrected chi connectivity index (χ0v) is 16.6. The second-order valence-electron chi connectivity index (χ2n) is 8.00. The van der Waals surface area contributed by atoms with Crippen LogP contribution in [0.4, 0.5) is 0 Å². The third-order valence-electron chi connectivity index (χ3n) is 5.86. The summed E-state index contributed by atoms with van der Waals surface area (Å²) >= 11 is 0. The first-order valence-electron chi connectivity index (χ1n) is 10.3. The second-order valence-corrected chi connectivity index (χ2v) is 8.00. The first-order valence-corrected chi connectivity index (χ1v) is 10.3. The molecule has 2 saturated heterocycles. The van der Waals surface area contributed by atoms with Gasteiger partial charge in [-0.3, -0.25) is 9.59 Å². The van der Waals surface area contributed by atoms with Gasteiger partial charge in [-0.2, -0.15) is 0 Å². The van der Waals surface area contributed by atoms with Crippen LogP contribution in [0.2, 0.25) is 0 Å². The van der Waals surface area contributed by atoms with Crippen molar-refractivity contribution in [2.75, 3.05) is 26.2 Å². The summed E-state index contributed by atoms with van der Waals surface area (Å²) < 4.78 is 5.42. The maximum absolute atomic E-state index is 12.5. The largest absolute Gasteiger partial charge is 0.368 e. The monoisotopic (exact) mass is 372 g/mol. The highest BCUT2D eigenvalue weighted by Gasteiger charge is 2.26. The highest BCUT2D eigenvalue weighted by Crippen LogP contribution is 2.19. The highest BCUT2D eigenvalue weighted by molar-refractivity contribution is 5.81. The summed E-state index contributed by atoms with van der Waals surface area (Å²) in [5.74, 6) is 0.732. The van der Waals surface area contributed by atoms with Crippen LogP contribution in [0.1, 0.15) is 48.8 Å². The molecule has 0 spiro atoms. The van der Waals surface area contributed by atoms with Crippen LogP contribution in [0.15, 0.2) is 18.2 Å². The Morgan fingerprint density at radius 2 is 1.96 bits per heavy atom. The number of ether oxygens (including phenoxy) is 1. The standard InChI is InChI=1S/C22H32N2O3/c1-16-5-6-19(17(2)14-16)7-8-21(25)24-11-9-18(10-12-24)15-23-22(26)20-4-3-13-27-20/h5-6,14,18,20H,3-4,7-13,15H2,1-2H3,(H,23,26). The van der Waals surface area contributed by atoms with E-state index >= 15 is 0 Å². The lowest BCUT2D eigenvalue weighted by molar-refractivity contribution is -0.133. The molecule has 1 unspecified atom stereocenters. The van der Waals surface area contributed by atoms with E-state index in [0.717, 1.165) is 45.2 Å². The molecule has 0 bridgehead atoms. The Morgan fingerprint density at radius 1 is 1.19 bits per heavy atom. The number of carbonyl (C=O) groups excluding carboxylic acids is 2. The Bertz CT molecular complexity index is 660. The van der Waals surface area contributed by atoms with Crippen LogP contribution in [0.3, 0.4) is 0 Å². The Kier molecular flexibility index (Phi) is 6.89. The molecule has 27 heavy (non-hydrogen) atoms. The van der Waals surface area contributed by atoms with Crippen molar-refractivity contribution in [3.63, 3.8) is 0 Å². The van der Waals surface area contributed by atoms with Crippen molar-refractivity contribution in [1.29, 1.82) is 0 Å². The van der Waals surface area contributed by atoms with Gasteiger partial charge in [-0.25, -0.2) is 0 Å². The van der Waals surface area contributed by atoms with Gasteiger partial charge in [0.05, 0.1) is 0 Å². The van der Waals surface area contributed by atoms with Crippen molar-refractivity contribution in [2.45, 2.75) is 58.5 Å². The number of hydrogen-bond donors (Lipinski definition) is 1. The van der Waals surface area contributed by atoms with E-state index in [1.54, 1.807) is 0 Å². The summed E-state index contributed by atoms with van der Waals surface area (Å²) in [7, 11) is 0. The van der Waals surface area contributed by atoms with Crippen LogP contribution in [-0.2, 0) is 20.7 Å². The zero-order valence-electron chi connectivity index (χ0n) is 16.6. The average Bonchev–Trinajstić information content (AvgIpc) is 3.20. The molecule has 2 aliphatic heterocycles. The Hall–Kier alpha value is -1.88. The van der Waals surface area contributed by atoms with Gasteiger partial charge in [0, 0.05) is 32.7 Å². The molecular weight excluding hydrogens is 340 g/mol. The number of aryl methyl sites for hydroxylation is 3. The van der Waals surface area contributed by atoms with E-state index in [0.29, 0.717) is 25.5 Å². The van der Waals surface area contributed by atoms with E-state index in [4.69, 9.17) is 4.74 Å². The minimum absolute atomic E-state index is 0.0273. The number of amides is 2. The van der Waals surface area contributed by atoms with Gasteiger partial charge in [-0.1, -0.05) is 23.8 Å². The van der Waals surface area contributed by atoms with Crippen molar-refractivity contribution < 1.29 is 14.3 Å². The van der Waals surface area contributed by atoms with E-state index in [9.17, 15) is 9.59 Å². The number of rotatable bonds is 6. The predicted molar refractivity (Wildman–Crippen MR) is 106 cm³/mol. The summed E-state index contributed by atoms with van der Waals surface area (Å²) in [5, 5.41) is 3.03. The molecular formula is C22H32N2O3. The number of nitrogens with zero attached hydrogens (tertiary/aromatic N) is 1. The van der Waals surface area contributed by atoms with E-state index in [1.165, 1.54) is 16.7 Å². The molecule has 1 N–H and O–H groups in total. The summed E-state index contributed by atoms with van der Waals surface area (Å²) in [4.78, 5) is 26.6. The molecule has 1 aromatic carbocycles. The third kappa shape index (κ3) is 5.55. The number of hydrogen-bond acceptors (Lipinski definition) is 3. The minimum atomic E-state index is -0.253.